The summed E-state index contributed by atoms with van der Waals surface area (Å²) in [5, 5.41) is 12.2. The molecule has 0 saturated heterocycles. The molecule has 0 bridgehead atoms. The Morgan fingerprint density at radius 1 is 1.57 bits per heavy atom. The Hall–Kier alpha value is -1.29. The van der Waals surface area contributed by atoms with Gasteiger partial charge in [0.15, 0.2) is 11.5 Å². The first kappa shape index (κ1) is 10.8. The second-order valence-corrected chi connectivity index (χ2v) is 3.08. The molecule has 1 aromatic carbocycles. The van der Waals surface area contributed by atoms with Crippen LogP contribution in [0.3, 0.4) is 0 Å². The molecule has 0 atom stereocenters. The molecule has 4 heteroatoms. The van der Waals surface area contributed by atoms with Crippen LogP contribution in [0.15, 0.2) is 6.07 Å². The Kier molecular flexibility index (Phi) is 3.30. The maximum Gasteiger partial charge on any atom is 0.207 e. The van der Waals surface area contributed by atoms with E-state index < -0.39 is 5.82 Å². The third-order valence-corrected chi connectivity index (χ3v) is 2.03. The molecule has 14 heavy (non-hydrogen) atoms. The van der Waals surface area contributed by atoms with Gasteiger partial charge in [0.1, 0.15) is 0 Å². The Morgan fingerprint density at radius 2 is 2.21 bits per heavy atom. The lowest BCUT2D eigenvalue weighted by Crippen LogP contribution is -2.08. The van der Waals surface area contributed by atoms with E-state index in [1.807, 2.05) is 0 Å². The van der Waals surface area contributed by atoms with Crippen molar-refractivity contribution in [1.82, 2.24) is 5.32 Å². The predicted molar refractivity (Wildman–Crippen MR) is 52.1 cm³/mol. The fourth-order valence-electron chi connectivity index (χ4n) is 1.36. The van der Waals surface area contributed by atoms with E-state index in [-0.39, 0.29) is 11.5 Å². The minimum absolute atomic E-state index is 0.0995. The van der Waals surface area contributed by atoms with Crippen molar-refractivity contribution in [2.45, 2.75) is 13.5 Å². The van der Waals surface area contributed by atoms with Crippen LogP contribution in [0.25, 0.3) is 0 Å². The first-order valence-electron chi connectivity index (χ1n) is 4.31. The van der Waals surface area contributed by atoms with Crippen LogP contribution in [0.5, 0.6) is 11.5 Å². The highest BCUT2D eigenvalue weighted by molar-refractivity contribution is 5.47. The molecule has 0 aliphatic carbocycles. The molecule has 0 amide bonds. The number of halogens is 1. The van der Waals surface area contributed by atoms with Crippen molar-refractivity contribution in [2.24, 2.45) is 0 Å². The predicted octanol–water partition coefficient (Wildman–Crippen LogP) is 1.57. The number of aryl methyl sites for hydroxylation is 1. The van der Waals surface area contributed by atoms with Gasteiger partial charge in [-0.05, 0) is 25.6 Å². The van der Waals surface area contributed by atoms with Gasteiger partial charge in [0.2, 0.25) is 5.82 Å². The van der Waals surface area contributed by atoms with Gasteiger partial charge in [-0.25, -0.2) is 0 Å². The van der Waals surface area contributed by atoms with Crippen LogP contribution in [-0.2, 0) is 6.54 Å². The molecule has 1 aromatic rings. The van der Waals surface area contributed by atoms with Crippen molar-refractivity contribution in [2.75, 3.05) is 14.2 Å². The number of hydrogen-bond donors (Lipinski definition) is 2. The molecule has 0 unspecified atom stereocenters. The van der Waals surface area contributed by atoms with Gasteiger partial charge < -0.3 is 15.2 Å². The number of aromatic hydroxyl groups is 1. The van der Waals surface area contributed by atoms with Crippen LogP contribution < -0.4 is 10.1 Å². The monoisotopic (exact) mass is 199 g/mol. The molecular weight excluding hydrogens is 185 g/mol. The summed E-state index contributed by atoms with van der Waals surface area (Å²) in [4.78, 5) is 0. The largest absolute Gasteiger partial charge is 0.505 e. The summed E-state index contributed by atoms with van der Waals surface area (Å²) in [7, 11) is 3.14. The molecule has 3 nitrogen and oxygen atoms in total. The summed E-state index contributed by atoms with van der Waals surface area (Å²) in [5.74, 6) is -0.943. The first-order valence-corrected chi connectivity index (χ1v) is 4.31. The second-order valence-electron chi connectivity index (χ2n) is 3.08. The van der Waals surface area contributed by atoms with Crippen LogP contribution in [-0.4, -0.2) is 19.3 Å². The van der Waals surface area contributed by atoms with Gasteiger partial charge in [-0.3, -0.25) is 0 Å². The van der Waals surface area contributed by atoms with Gasteiger partial charge >= 0.3 is 0 Å². The molecule has 1 rings (SSSR count). The van der Waals surface area contributed by atoms with Crippen LogP contribution in [0.1, 0.15) is 11.1 Å². The Bertz CT molecular complexity index is 339. The first-order chi connectivity index (χ1) is 6.61. The third kappa shape index (κ3) is 1.80. The smallest absolute Gasteiger partial charge is 0.207 e. The van der Waals surface area contributed by atoms with E-state index in [1.54, 1.807) is 20.0 Å². The lowest BCUT2D eigenvalue weighted by molar-refractivity contribution is 0.358. The molecule has 0 heterocycles. The number of rotatable bonds is 3. The number of hydrogen-bond acceptors (Lipinski definition) is 3. The second kappa shape index (κ2) is 4.28. The van der Waals surface area contributed by atoms with Crippen molar-refractivity contribution in [3.8, 4) is 11.5 Å². The summed E-state index contributed by atoms with van der Waals surface area (Å²) in [6.45, 7) is 2.15. The number of methoxy groups -OCH3 is 1. The minimum atomic E-state index is -0.697. The zero-order valence-corrected chi connectivity index (χ0v) is 8.52. The van der Waals surface area contributed by atoms with Crippen molar-refractivity contribution < 1.29 is 14.2 Å². The summed E-state index contributed by atoms with van der Waals surface area (Å²) in [5.41, 5.74) is 1.20. The van der Waals surface area contributed by atoms with Gasteiger partial charge in [-0.1, -0.05) is 0 Å². The normalized spacial score (nSPS) is 10.3. The zero-order valence-electron chi connectivity index (χ0n) is 8.52. The van der Waals surface area contributed by atoms with Gasteiger partial charge in [0, 0.05) is 12.1 Å². The fraction of sp³-hybridized carbons (Fsp3) is 0.400. The van der Waals surface area contributed by atoms with Gasteiger partial charge in [-0.2, -0.15) is 4.39 Å². The molecule has 0 aliphatic heterocycles. The summed E-state index contributed by atoms with van der Waals surface area (Å²) >= 11 is 0. The lowest BCUT2D eigenvalue weighted by Gasteiger charge is -2.11. The number of phenols is 1. The highest BCUT2D eigenvalue weighted by Gasteiger charge is 2.15. The zero-order chi connectivity index (χ0) is 10.7. The van der Waals surface area contributed by atoms with E-state index >= 15 is 0 Å². The average Bonchev–Trinajstić information content (AvgIpc) is 2.16. The molecule has 0 spiro atoms. The molecule has 0 saturated carbocycles. The quantitative estimate of drug-likeness (QED) is 0.776. The molecule has 78 valence electrons. The maximum absolute atomic E-state index is 13.4. The number of nitrogens with one attached hydrogen (secondary N) is 1. The minimum Gasteiger partial charge on any atom is -0.505 e. The fourth-order valence-corrected chi connectivity index (χ4v) is 1.36. The van der Waals surface area contributed by atoms with E-state index in [0.29, 0.717) is 17.7 Å². The Labute approximate surface area is 82.5 Å². The molecule has 0 aliphatic rings. The number of phenolic OH excluding ortho intramolecular Hbond substituents is 1. The van der Waals surface area contributed by atoms with Gasteiger partial charge in [-0.15, -0.1) is 0 Å². The van der Waals surface area contributed by atoms with Crippen LogP contribution in [0.2, 0.25) is 0 Å². The summed E-state index contributed by atoms with van der Waals surface area (Å²) < 4.78 is 18.3. The van der Waals surface area contributed by atoms with Crippen LogP contribution in [0, 0.1) is 12.7 Å². The van der Waals surface area contributed by atoms with Crippen LogP contribution >= 0.6 is 0 Å². The standard InChI is InChI=1S/C10H14FNO2/c1-6-4-7(5-12-2)10(14-3)8(11)9(6)13/h4,12-13H,5H2,1-3H3. The molecule has 0 radical (unpaired) electrons. The van der Waals surface area contributed by atoms with E-state index in [2.05, 4.69) is 5.32 Å². The molecular formula is C10H14FNO2. The topological polar surface area (TPSA) is 41.5 Å². The van der Waals surface area contributed by atoms with Crippen molar-refractivity contribution >= 4 is 0 Å². The average molecular weight is 199 g/mol. The van der Waals surface area contributed by atoms with Crippen molar-refractivity contribution in [3.05, 3.63) is 23.0 Å². The highest BCUT2D eigenvalue weighted by atomic mass is 19.1. The van der Waals surface area contributed by atoms with Crippen molar-refractivity contribution in [1.29, 1.82) is 0 Å². The van der Waals surface area contributed by atoms with Gasteiger partial charge in [0.05, 0.1) is 7.11 Å². The van der Waals surface area contributed by atoms with Crippen LogP contribution in [0.4, 0.5) is 4.39 Å². The Balaban J connectivity index is 3.28. The maximum atomic E-state index is 13.4. The highest BCUT2D eigenvalue weighted by Crippen LogP contribution is 2.32. The Morgan fingerprint density at radius 3 is 2.71 bits per heavy atom. The van der Waals surface area contributed by atoms with E-state index in [4.69, 9.17) is 4.74 Å². The number of benzene rings is 1. The number of ether oxygens (including phenoxy) is 1. The van der Waals surface area contributed by atoms with Gasteiger partial charge in [0.25, 0.3) is 0 Å². The molecule has 0 fully saturated rings. The van der Waals surface area contributed by atoms with E-state index in [9.17, 15) is 9.50 Å². The summed E-state index contributed by atoms with van der Waals surface area (Å²) in [6, 6.07) is 1.70. The van der Waals surface area contributed by atoms with E-state index in [0.717, 1.165) is 0 Å². The summed E-state index contributed by atoms with van der Waals surface area (Å²) in [6.07, 6.45) is 0. The van der Waals surface area contributed by atoms with E-state index in [1.165, 1.54) is 7.11 Å². The lowest BCUT2D eigenvalue weighted by atomic mass is 10.1. The van der Waals surface area contributed by atoms with Crippen molar-refractivity contribution in [3.63, 3.8) is 0 Å². The molecule has 2 N–H and O–H groups in total. The SMILES string of the molecule is CNCc1cc(C)c(O)c(F)c1OC. The molecule has 0 aromatic heterocycles. The third-order valence-electron chi connectivity index (χ3n) is 2.03.